The highest BCUT2D eigenvalue weighted by atomic mass is 19.4. The number of benzene rings is 1. The first kappa shape index (κ1) is 16.9. The second-order valence-electron chi connectivity index (χ2n) is 6.16. The Balaban J connectivity index is 1.68. The zero-order valence-corrected chi connectivity index (χ0v) is 13.3. The van der Waals surface area contributed by atoms with Crippen LogP contribution in [0.3, 0.4) is 0 Å². The normalized spacial score (nSPS) is 16.3. The SMILES string of the molecule is FC(F)(F)c1ccc(-c2nccc(CNC3CCCCC3)n2)cc1. The van der Waals surface area contributed by atoms with E-state index in [1.807, 2.05) is 6.07 Å². The van der Waals surface area contributed by atoms with Crippen LogP contribution in [0, 0.1) is 0 Å². The molecule has 1 saturated carbocycles. The number of rotatable bonds is 4. The van der Waals surface area contributed by atoms with Crippen molar-refractivity contribution in [3.63, 3.8) is 0 Å². The van der Waals surface area contributed by atoms with E-state index in [2.05, 4.69) is 15.3 Å². The molecule has 3 rings (SSSR count). The van der Waals surface area contributed by atoms with Gasteiger partial charge in [-0.15, -0.1) is 0 Å². The molecule has 0 bridgehead atoms. The van der Waals surface area contributed by atoms with E-state index >= 15 is 0 Å². The fraction of sp³-hybridized carbons (Fsp3) is 0.444. The van der Waals surface area contributed by atoms with Crippen LogP contribution in [-0.4, -0.2) is 16.0 Å². The maximum absolute atomic E-state index is 12.6. The Morgan fingerprint density at radius 2 is 1.71 bits per heavy atom. The summed E-state index contributed by atoms with van der Waals surface area (Å²) in [6, 6.07) is 7.32. The number of alkyl halides is 3. The van der Waals surface area contributed by atoms with Crippen LogP contribution >= 0.6 is 0 Å². The van der Waals surface area contributed by atoms with E-state index in [-0.39, 0.29) is 0 Å². The lowest BCUT2D eigenvalue weighted by Gasteiger charge is -2.22. The minimum atomic E-state index is -4.33. The van der Waals surface area contributed by atoms with Crippen LogP contribution in [-0.2, 0) is 12.7 Å². The van der Waals surface area contributed by atoms with Gasteiger partial charge in [0, 0.05) is 24.3 Å². The number of hydrogen-bond acceptors (Lipinski definition) is 3. The largest absolute Gasteiger partial charge is 0.416 e. The van der Waals surface area contributed by atoms with Crippen molar-refractivity contribution in [1.82, 2.24) is 15.3 Å². The summed E-state index contributed by atoms with van der Waals surface area (Å²) < 4.78 is 37.9. The Labute approximate surface area is 139 Å². The van der Waals surface area contributed by atoms with Crippen LogP contribution in [0.4, 0.5) is 13.2 Å². The summed E-state index contributed by atoms with van der Waals surface area (Å²) in [6.45, 7) is 0.654. The third-order valence-corrected chi connectivity index (χ3v) is 4.36. The molecule has 3 nitrogen and oxygen atoms in total. The van der Waals surface area contributed by atoms with Gasteiger partial charge in [0.05, 0.1) is 11.3 Å². The Hall–Kier alpha value is -1.95. The van der Waals surface area contributed by atoms with Crippen LogP contribution in [0.15, 0.2) is 36.5 Å². The van der Waals surface area contributed by atoms with E-state index in [9.17, 15) is 13.2 Å². The lowest BCUT2D eigenvalue weighted by molar-refractivity contribution is -0.137. The Morgan fingerprint density at radius 3 is 2.38 bits per heavy atom. The van der Waals surface area contributed by atoms with Gasteiger partial charge in [-0.05, 0) is 31.0 Å². The third kappa shape index (κ3) is 4.32. The standard InChI is InChI=1S/C18H20F3N3/c19-18(20,21)14-8-6-13(7-9-14)17-22-11-10-16(24-17)12-23-15-4-2-1-3-5-15/h6-11,15,23H,1-5,12H2. The zero-order chi connectivity index (χ0) is 17.0. The number of hydrogen-bond donors (Lipinski definition) is 1. The van der Waals surface area contributed by atoms with Crippen LogP contribution in [0.5, 0.6) is 0 Å². The quantitative estimate of drug-likeness (QED) is 0.888. The molecule has 1 aliphatic carbocycles. The number of nitrogens with one attached hydrogen (secondary N) is 1. The highest BCUT2D eigenvalue weighted by Crippen LogP contribution is 2.30. The maximum atomic E-state index is 12.6. The van der Waals surface area contributed by atoms with Gasteiger partial charge in [-0.2, -0.15) is 13.2 Å². The average Bonchev–Trinajstić information content (AvgIpc) is 2.60. The number of halogens is 3. The van der Waals surface area contributed by atoms with Crippen molar-refractivity contribution >= 4 is 0 Å². The molecule has 0 saturated heterocycles. The second-order valence-corrected chi connectivity index (χ2v) is 6.16. The van der Waals surface area contributed by atoms with E-state index in [0.717, 1.165) is 17.8 Å². The van der Waals surface area contributed by atoms with Gasteiger partial charge in [-0.1, -0.05) is 31.4 Å². The number of aromatic nitrogens is 2. The van der Waals surface area contributed by atoms with Gasteiger partial charge in [-0.25, -0.2) is 9.97 Å². The van der Waals surface area contributed by atoms with E-state index in [1.54, 1.807) is 6.20 Å². The molecular weight excluding hydrogens is 315 g/mol. The summed E-state index contributed by atoms with van der Waals surface area (Å²) in [5.41, 5.74) is 0.773. The topological polar surface area (TPSA) is 37.8 Å². The van der Waals surface area contributed by atoms with E-state index < -0.39 is 11.7 Å². The van der Waals surface area contributed by atoms with Gasteiger partial charge in [-0.3, -0.25) is 0 Å². The molecule has 1 aromatic carbocycles. The fourth-order valence-corrected chi connectivity index (χ4v) is 3.00. The Morgan fingerprint density at radius 1 is 1.00 bits per heavy atom. The minimum absolute atomic E-state index is 0.451. The van der Waals surface area contributed by atoms with Crippen LogP contribution < -0.4 is 5.32 Å². The molecule has 0 radical (unpaired) electrons. The van der Waals surface area contributed by atoms with Crippen molar-refractivity contribution in [1.29, 1.82) is 0 Å². The van der Waals surface area contributed by atoms with E-state index in [1.165, 1.54) is 44.2 Å². The summed E-state index contributed by atoms with van der Waals surface area (Å²) in [6.07, 6.45) is 3.54. The molecule has 1 N–H and O–H groups in total. The number of nitrogens with zero attached hydrogens (tertiary/aromatic N) is 2. The predicted molar refractivity (Wildman–Crippen MR) is 86.2 cm³/mol. The predicted octanol–water partition coefficient (Wildman–Crippen LogP) is 4.58. The third-order valence-electron chi connectivity index (χ3n) is 4.36. The fourth-order valence-electron chi connectivity index (χ4n) is 3.00. The van der Waals surface area contributed by atoms with Crippen LogP contribution in [0.1, 0.15) is 43.4 Å². The van der Waals surface area contributed by atoms with Gasteiger partial charge in [0.2, 0.25) is 0 Å². The Kier molecular flexibility index (Phi) is 5.14. The van der Waals surface area contributed by atoms with Gasteiger partial charge in [0.1, 0.15) is 0 Å². The van der Waals surface area contributed by atoms with Crippen molar-refractivity contribution in [2.24, 2.45) is 0 Å². The highest BCUT2D eigenvalue weighted by molar-refractivity contribution is 5.55. The van der Waals surface area contributed by atoms with Gasteiger partial charge in [0.15, 0.2) is 5.82 Å². The summed E-state index contributed by atoms with van der Waals surface area (Å²) in [7, 11) is 0. The highest BCUT2D eigenvalue weighted by Gasteiger charge is 2.30. The maximum Gasteiger partial charge on any atom is 0.416 e. The summed E-state index contributed by atoms with van der Waals surface area (Å²) in [5.74, 6) is 0.451. The summed E-state index contributed by atoms with van der Waals surface area (Å²) >= 11 is 0. The molecule has 0 aliphatic heterocycles. The van der Waals surface area contributed by atoms with Crippen molar-refractivity contribution < 1.29 is 13.2 Å². The van der Waals surface area contributed by atoms with E-state index in [4.69, 9.17) is 0 Å². The summed E-state index contributed by atoms with van der Waals surface area (Å²) in [4.78, 5) is 8.64. The molecule has 0 unspecified atom stereocenters. The molecule has 1 heterocycles. The first-order chi connectivity index (χ1) is 11.5. The zero-order valence-electron chi connectivity index (χ0n) is 13.3. The van der Waals surface area contributed by atoms with Crippen LogP contribution in [0.25, 0.3) is 11.4 Å². The smallest absolute Gasteiger partial charge is 0.308 e. The molecule has 2 aromatic rings. The summed E-state index contributed by atoms with van der Waals surface area (Å²) in [5, 5.41) is 3.51. The van der Waals surface area contributed by atoms with Gasteiger partial charge in [0.25, 0.3) is 0 Å². The molecular formula is C18H20F3N3. The first-order valence-electron chi connectivity index (χ1n) is 8.25. The molecule has 1 aliphatic rings. The van der Waals surface area contributed by atoms with Crippen LogP contribution in [0.2, 0.25) is 0 Å². The molecule has 0 atom stereocenters. The van der Waals surface area contributed by atoms with Crippen molar-refractivity contribution in [2.45, 2.75) is 50.9 Å². The second kappa shape index (κ2) is 7.30. The monoisotopic (exact) mass is 335 g/mol. The molecule has 24 heavy (non-hydrogen) atoms. The van der Waals surface area contributed by atoms with Crippen molar-refractivity contribution in [2.75, 3.05) is 0 Å². The van der Waals surface area contributed by atoms with Gasteiger partial charge < -0.3 is 5.32 Å². The molecule has 6 heteroatoms. The molecule has 0 spiro atoms. The molecule has 128 valence electrons. The lowest BCUT2D eigenvalue weighted by Crippen LogP contribution is -2.30. The first-order valence-corrected chi connectivity index (χ1v) is 8.25. The van der Waals surface area contributed by atoms with Crippen molar-refractivity contribution in [3.8, 4) is 11.4 Å². The minimum Gasteiger partial charge on any atom is -0.308 e. The van der Waals surface area contributed by atoms with Gasteiger partial charge >= 0.3 is 6.18 Å². The average molecular weight is 335 g/mol. The molecule has 0 amide bonds. The Bertz CT molecular complexity index is 662. The lowest BCUT2D eigenvalue weighted by atomic mass is 9.95. The molecule has 1 aromatic heterocycles. The molecule has 1 fully saturated rings. The van der Waals surface area contributed by atoms with E-state index in [0.29, 0.717) is 24.0 Å². The van der Waals surface area contributed by atoms with Crippen molar-refractivity contribution in [3.05, 3.63) is 47.8 Å².